The Morgan fingerprint density at radius 1 is 1.39 bits per heavy atom. The van der Waals surface area contributed by atoms with Crippen LogP contribution in [0.15, 0.2) is 30.6 Å². The first-order valence-corrected chi connectivity index (χ1v) is 5.86. The van der Waals surface area contributed by atoms with Crippen LogP contribution in [0, 0.1) is 6.92 Å². The third-order valence-corrected chi connectivity index (χ3v) is 2.87. The number of rotatable bonds is 3. The Hall–Kier alpha value is -2.17. The number of anilines is 1. The minimum absolute atomic E-state index is 0.0615. The van der Waals surface area contributed by atoms with Crippen LogP contribution in [0.25, 0.3) is 0 Å². The normalized spacial score (nSPS) is 10.4. The second-order valence-electron chi connectivity index (χ2n) is 4.00. The Morgan fingerprint density at radius 3 is 2.72 bits per heavy atom. The van der Waals surface area contributed by atoms with E-state index in [0.29, 0.717) is 12.2 Å². The van der Waals surface area contributed by atoms with E-state index in [1.165, 1.54) is 0 Å². The molecule has 5 nitrogen and oxygen atoms in total. The minimum Gasteiger partial charge on any atom is -0.306 e. The largest absolute Gasteiger partial charge is 0.306 e. The lowest BCUT2D eigenvalue weighted by Gasteiger charge is -2.22. The van der Waals surface area contributed by atoms with Crippen molar-refractivity contribution in [2.45, 2.75) is 13.8 Å². The average Bonchev–Trinajstić information content (AvgIpc) is 2.78. The molecule has 0 aliphatic carbocycles. The molecule has 94 valence electrons. The number of carbonyl (C=O) groups is 1. The molecule has 2 heterocycles. The Labute approximate surface area is 106 Å². The van der Waals surface area contributed by atoms with Gasteiger partial charge in [0.15, 0.2) is 0 Å². The number of amides is 1. The highest BCUT2D eigenvalue weighted by Crippen LogP contribution is 2.19. The average molecular weight is 244 g/mol. The molecule has 18 heavy (non-hydrogen) atoms. The van der Waals surface area contributed by atoms with Crippen molar-refractivity contribution in [3.05, 3.63) is 42.0 Å². The summed E-state index contributed by atoms with van der Waals surface area (Å²) in [6, 6.07) is 5.46. The third kappa shape index (κ3) is 2.11. The fourth-order valence-electron chi connectivity index (χ4n) is 1.91. The van der Waals surface area contributed by atoms with Gasteiger partial charge in [-0.1, -0.05) is 0 Å². The maximum absolute atomic E-state index is 12.4. The molecule has 0 saturated carbocycles. The number of hydrogen-bond donors (Lipinski definition) is 0. The number of aromatic nitrogens is 3. The molecule has 0 aliphatic rings. The van der Waals surface area contributed by atoms with Gasteiger partial charge in [0.25, 0.3) is 5.91 Å². The van der Waals surface area contributed by atoms with Gasteiger partial charge >= 0.3 is 0 Å². The van der Waals surface area contributed by atoms with Crippen molar-refractivity contribution in [1.82, 2.24) is 14.8 Å². The van der Waals surface area contributed by atoms with Crippen LogP contribution in [0.4, 0.5) is 5.69 Å². The molecule has 0 N–H and O–H groups in total. The lowest BCUT2D eigenvalue weighted by molar-refractivity contribution is 0.0979. The van der Waals surface area contributed by atoms with Crippen LogP contribution in [0.3, 0.4) is 0 Å². The highest BCUT2D eigenvalue weighted by Gasteiger charge is 2.20. The standard InChI is InChI=1S/C13H16N4O/c1-4-17(11-6-5-8-14-10(11)2)13(18)12-7-9-15-16(12)3/h5-9H,4H2,1-3H3. The van der Waals surface area contributed by atoms with Gasteiger partial charge in [-0.3, -0.25) is 14.5 Å². The molecule has 0 radical (unpaired) electrons. The first kappa shape index (κ1) is 12.3. The van der Waals surface area contributed by atoms with Crippen LogP contribution in [0.2, 0.25) is 0 Å². The summed E-state index contributed by atoms with van der Waals surface area (Å²) in [6.07, 6.45) is 3.35. The third-order valence-electron chi connectivity index (χ3n) is 2.87. The van der Waals surface area contributed by atoms with Crippen LogP contribution in [-0.2, 0) is 7.05 Å². The van der Waals surface area contributed by atoms with Crippen molar-refractivity contribution in [2.24, 2.45) is 7.05 Å². The lowest BCUT2D eigenvalue weighted by Crippen LogP contribution is -2.32. The number of carbonyl (C=O) groups excluding carboxylic acids is 1. The molecular weight excluding hydrogens is 228 g/mol. The van der Waals surface area contributed by atoms with E-state index in [9.17, 15) is 4.79 Å². The summed E-state index contributed by atoms with van der Waals surface area (Å²) in [5.41, 5.74) is 2.25. The lowest BCUT2D eigenvalue weighted by atomic mass is 10.2. The minimum atomic E-state index is -0.0615. The molecule has 0 saturated heterocycles. The molecule has 0 atom stereocenters. The van der Waals surface area contributed by atoms with Gasteiger partial charge in [0.05, 0.1) is 11.4 Å². The van der Waals surface area contributed by atoms with Gasteiger partial charge in [0, 0.05) is 26.0 Å². The van der Waals surface area contributed by atoms with Gasteiger partial charge in [-0.15, -0.1) is 0 Å². The van der Waals surface area contributed by atoms with Crippen molar-refractivity contribution in [1.29, 1.82) is 0 Å². The highest BCUT2D eigenvalue weighted by atomic mass is 16.2. The van der Waals surface area contributed by atoms with Gasteiger partial charge in [-0.05, 0) is 32.0 Å². The quantitative estimate of drug-likeness (QED) is 0.827. The Bertz CT molecular complexity index is 562. The predicted octanol–water partition coefficient (Wildman–Crippen LogP) is 1.79. The summed E-state index contributed by atoms with van der Waals surface area (Å²) in [6.45, 7) is 4.44. The molecule has 5 heteroatoms. The molecule has 0 unspecified atom stereocenters. The molecular formula is C13H16N4O. The molecule has 0 aliphatic heterocycles. The molecule has 2 aromatic heterocycles. The van der Waals surface area contributed by atoms with E-state index in [0.717, 1.165) is 11.4 Å². The van der Waals surface area contributed by atoms with E-state index in [1.54, 1.807) is 35.1 Å². The van der Waals surface area contributed by atoms with Gasteiger partial charge in [-0.2, -0.15) is 5.10 Å². The molecule has 0 fully saturated rings. The monoisotopic (exact) mass is 244 g/mol. The van der Waals surface area contributed by atoms with Gasteiger partial charge in [0.2, 0.25) is 0 Å². The van der Waals surface area contributed by atoms with Crippen LogP contribution < -0.4 is 4.90 Å². The summed E-state index contributed by atoms with van der Waals surface area (Å²) in [5, 5.41) is 4.02. The fraction of sp³-hybridized carbons (Fsp3) is 0.308. The maximum atomic E-state index is 12.4. The van der Waals surface area contributed by atoms with E-state index >= 15 is 0 Å². The maximum Gasteiger partial charge on any atom is 0.276 e. The first-order chi connectivity index (χ1) is 8.65. The van der Waals surface area contributed by atoms with E-state index in [2.05, 4.69) is 10.1 Å². The number of hydrogen-bond acceptors (Lipinski definition) is 3. The van der Waals surface area contributed by atoms with Crippen LogP contribution >= 0.6 is 0 Å². The van der Waals surface area contributed by atoms with Crippen molar-refractivity contribution in [2.75, 3.05) is 11.4 Å². The first-order valence-electron chi connectivity index (χ1n) is 5.86. The van der Waals surface area contributed by atoms with Crippen molar-refractivity contribution in [3.63, 3.8) is 0 Å². The predicted molar refractivity (Wildman–Crippen MR) is 69.5 cm³/mol. The van der Waals surface area contributed by atoms with Gasteiger partial charge in [0.1, 0.15) is 5.69 Å². The summed E-state index contributed by atoms with van der Waals surface area (Å²) in [5.74, 6) is -0.0615. The van der Waals surface area contributed by atoms with E-state index in [4.69, 9.17) is 0 Å². The Morgan fingerprint density at radius 2 is 2.17 bits per heavy atom. The summed E-state index contributed by atoms with van der Waals surface area (Å²) in [4.78, 5) is 18.4. The SMILES string of the molecule is CCN(C(=O)c1ccnn1C)c1cccnc1C. The highest BCUT2D eigenvalue weighted by molar-refractivity contribution is 6.05. The van der Waals surface area contributed by atoms with Crippen molar-refractivity contribution >= 4 is 11.6 Å². The Kier molecular flexibility index (Phi) is 3.41. The van der Waals surface area contributed by atoms with Gasteiger partial charge < -0.3 is 4.90 Å². The fourth-order valence-corrected chi connectivity index (χ4v) is 1.91. The zero-order valence-corrected chi connectivity index (χ0v) is 10.8. The summed E-state index contributed by atoms with van der Waals surface area (Å²) < 4.78 is 1.58. The number of nitrogens with zero attached hydrogens (tertiary/aromatic N) is 4. The second kappa shape index (κ2) is 5.00. The van der Waals surface area contributed by atoms with Crippen molar-refractivity contribution in [3.8, 4) is 0 Å². The van der Waals surface area contributed by atoms with Crippen LogP contribution in [0.1, 0.15) is 23.1 Å². The smallest absolute Gasteiger partial charge is 0.276 e. The second-order valence-corrected chi connectivity index (χ2v) is 4.00. The summed E-state index contributed by atoms with van der Waals surface area (Å²) >= 11 is 0. The molecule has 0 spiro atoms. The zero-order valence-electron chi connectivity index (χ0n) is 10.8. The molecule has 2 aromatic rings. The van der Waals surface area contributed by atoms with Crippen LogP contribution in [-0.4, -0.2) is 27.2 Å². The molecule has 0 aromatic carbocycles. The van der Waals surface area contributed by atoms with E-state index < -0.39 is 0 Å². The van der Waals surface area contributed by atoms with Gasteiger partial charge in [-0.25, -0.2) is 0 Å². The molecule has 1 amide bonds. The summed E-state index contributed by atoms with van der Waals surface area (Å²) in [7, 11) is 1.76. The van der Waals surface area contributed by atoms with E-state index in [1.807, 2.05) is 26.0 Å². The number of pyridine rings is 1. The van der Waals surface area contributed by atoms with Crippen LogP contribution in [0.5, 0.6) is 0 Å². The molecule has 2 rings (SSSR count). The Balaban J connectivity index is 2.39. The number of aryl methyl sites for hydroxylation is 2. The molecule has 0 bridgehead atoms. The van der Waals surface area contributed by atoms with Crippen molar-refractivity contribution < 1.29 is 4.79 Å². The van der Waals surface area contributed by atoms with E-state index in [-0.39, 0.29) is 5.91 Å². The zero-order chi connectivity index (χ0) is 13.1. The topological polar surface area (TPSA) is 51.0 Å².